The summed E-state index contributed by atoms with van der Waals surface area (Å²) in [5.41, 5.74) is -4.22. The van der Waals surface area contributed by atoms with Crippen LogP contribution in [0.1, 0.15) is 92.4 Å². The molecule has 0 amide bonds. The van der Waals surface area contributed by atoms with Gasteiger partial charge in [-0.3, -0.25) is 14.4 Å². The van der Waals surface area contributed by atoms with Crippen molar-refractivity contribution in [2.45, 2.75) is 110 Å². The Kier molecular flexibility index (Phi) is 7.05. The van der Waals surface area contributed by atoms with E-state index in [2.05, 4.69) is 13.8 Å². The smallest absolute Gasteiger partial charge is 0.305 e. The lowest BCUT2D eigenvalue weighted by Crippen LogP contribution is -2.72. The zero-order valence-electron chi connectivity index (χ0n) is 22.9. The summed E-state index contributed by atoms with van der Waals surface area (Å²) in [5, 5.41) is 34.9. The number of hydrogen-bond donors (Lipinski definition) is 3. The second-order valence-electron chi connectivity index (χ2n) is 13.2. The molecule has 4 rings (SSSR count). The molecule has 4 aliphatic rings. The molecule has 0 spiro atoms. The van der Waals surface area contributed by atoms with Gasteiger partial charge >= 0.3 is 5.97 Å². The van der Waals surface area contributed by atoms with Crippen LogP contribution in [0.4, 0.5) is 0 Å². The predicted octanol–water partition coefficient (Wildman–Crippen LogP) is 3.46. The van der Waals surface area contributed by atoms with Gasteiger partial charge in [-0.1, -0.05) is 20.8 Å². The molecule has 0 saturated heterocycles. The van der Waals surface area contributed by atoms with E-state index in [4.69, 9.17) is 4.74 Å². The Morgan fingerprint density at radius 3 is 2.25 bits per heavy atom. The number of carbonyl (C=O) groups excluding carboxylic acids is 3. The quantitative estimate of drug-likeness (QED) is 0.472. The van der Waals surface area contributed by atoms with Gasteiger partial charge in [-0.25, -0.2) is 0 Å². The fourth-order valence-electron chi connectivity index (χ4n) is 9.79. The first-order valence-electron chi connectivity index (χ1n) is 13.9. The van der Waals surface area contributed by atoms with Crippen molar-refractivity contribution in [3.63, 3.8) is 0 Å². The molecule has 4 fully saturated rings. The third kappa shape index (κ3) is 3.74. The lowest BCUT2D eigenvalue weighted by molar-refractivity contribution is -0.259. The van der Waals surface area contributed by atoms with E-state index >= 15 is 0 Å². The Morgan fingerprint density at radius 2 is 1.67 bits per heavy atom. The highest BCUT2D eigenvalue weighted by molar-refractivity contribution is 5.88. The molecule has 7 nitrogen and oxygen atoms in total. The maximum absolute atomic E-state index is 13.3. The van der Waals surface area contributed by atoms with Crippen molar-refractivity contribution in [3.05, 3.63) is 0 Å². The molecule has 0 aromatic rings. The van der Waals surface area contributed by atoms with Crippen LogP contribution in [0, 0.1) is 46.3 Å². The number of rotatable bonds is 6. The minimum Gasteiger partial charge on any atom is -0.469 e. The summed E-state index contributed by atoms with van der Waals surface area (Å²) >= 11 is 0. The Hall–Kier alpha value is -1.31. The number of carbonyl (C=O) groups is 3. The van der Waals surface area contributed by atoms with Crippen LogP contribution < -0.4 is 0 Å². The summed E-state index contributed by atoms with van der Waals surface area (Å²) in [6, 6.07) is 0. The monoisotopic (exact) mass is 506 g/mol. The van der Waals surface area contributed by atoms with Gasteiger partial charge in [-0.2, -0.15) is 0 Å². The highest BCUT2D eigenvalue weighted by Crippen LogP contribution is 2.72. The third-order valence-electron chi connectivity index (χ3n) is 12.0. The average molecular weight is 507 g/mol. The van der Waals surface area contributed by atoms with E-state index in [1.807, 2.05) is 6.92 Å². The van der Waals surface area contributed by atoms with Crippen molar-refractivity contribution in [2.24, 2.45) is 46.3 Å². The number of ether oxygens (including phenoxy) is 1. The Balaban J connectivity index is 1.81. The molecular formula is C29H46O7. The number of hydrogen-bond acceptors (Lipinski definition) is 7. The number of Topliss-reactive ketones (excluding diaryl/α,β-unsaturated/α-hetero) is 2. The van der Waals surface area contributed by atoms with E-state index in [0.29, 0.717) is 25.7 Å². The van der Waals surface area contributed by atoms with Crippen molar-refractivity contribution in [1.29, 1.82) is 0 Å². The first kappa shape index (κ1) is 27.7. The molecule has 3 N–H and O–H groups in total. The van der Waals surface area contributed by atoms with Crippen molar-refractivity contribution in [1.82, 2.24) is 0 Å². The maximum atomic E-state index is 13.3. The van der Waals surface area contributed by atoms with E-state index in [1.54, 1.807) is 0 Å². The molecule has 0 bridgehead atoms. The number of ketones is 2. The summed E-state index contributed by atoms with van der Waals surface area (Å²) < 4.78 is 4.84. The van der Waals surface area contributed by atoms with Gasteiger partial charge in [-0.15, -0.1) is 0 Å². The predicted molar refractivity (Wildman–Crippen MR) is 134 cm³/mol. The van der Waals surface area contributed by atoms with Gasteiger partial charge < -0.3 is 20.1 Å². The molecule has 7 heteroatoms. The summed E-state index contributed by atoms with van der Waals surface area (Å²) in [6.07, 6.45) is 4.39. The minimum atomic E-state index is -1.59. The summed E-state index contributed by atoms with van der Waals surface area (Å²) in [4.78, 5) is 38.4. The van der Waals surface area contributed by atoms with Gasteiger partial charge in [-0.05, 0) is 100 Å². The van der Waals surface area contributed by atoms with Gasteiger partial charge in [0.05, 0.1) is 13.2 Å². The highest BCUT2D eigenvalue weighted by Gasteiger charge is 2.74. The molecule has 0 aromatic carbocycles. The first-order chi connectivity index (χ1) is 16.7. The van der Waals surface area contributed by atoms with Crippen LogP contribution in [0.2, 0.25) is 0 Å². The number of methoxy groups -OCH3 is 1. The largest absolute Gasteiger partial charge is 0.469 e. The minimum absolute atomic E-state index is 0.0306. The molecule has 4 aliphatic carbocycles. The van der Waals surface area contributed by atoms with Gasteiger partial charge in [0.1, 0.15) is 11.2 Å². The molecule has 0 heterocycles. The van der Waals surface area contributed by atoms with E-state index < -0.39 is 22.7 Å². The second kappa shape index (κ2) is 9.16. The van der Waals surface area contributed by atoms with E-state index in [9.17, 15) is 29.7 Å². The van der Waals surface area contributed by atoms with Gasteiger partial charge in [0.2, 0.25) is 0 Å². The number of aliphatic hydroxyl groups excluding tert-OH is 1. The topological polar surface area (TPSA) is 121 Å². The standard InChI is InChI=1S/C29H46O7/c1-16(7-10-24(33)36-6)21-8-9-22-25-23(15-29(35,18(3)31)27(21,22)5)26(4)12-11-20(32)13-19(26)14-28(25,34)17(2)30/h16,19-23,25,32,34-35H,7-15H2,1-6H3/t16-,19+,20+,21-,22?,23?,25?,26+,27-,28?,29-/m1/s1. The van der Waals surface area contributed by atoms with Gasteiger partial charge in [0, 0.05) is 17.8 Å². The zero-order valence-corrected chi connectivity index (χ0v) is 22.9. The molecule has 0 aliphatic heterocycles. The van der Waals surface area contributed by atoms with Crippen LogP contribution in [0.5, 0.6) is 0 Å². The summed E-state index contributed by atoms with van der Waals surface area (Å²) in [6.45, 7) is 9.21. The fourth-order valence-corrected chi connectivity index (χ4v) is 9.79. The number of esters is 1. The molecular weight excluding hydrogens is 460 g/mol. The molecule has 4 unspecified atom stereocenters. The van der Waals surface area contributed by atoms with Crippen LogP contribution >= 0.6 is 0 Å². The van der Waals surface area contributed by atoms with Crippen LogP contribution in [0.3, 0.4) is 0 Å². The SMILES string of the molecule is COC(=O)CC[C@@H](C)[C@H]1CCC2C3C(C[C@@](O)(C(C)=O)[C@@]21C)[C@@]1(C)CC[C@H](O)C[C@H]1CC3(O)C(C)=O. The van der Waals surface area contributed by atoms with Crippen LogP contribution in [0.15, 0.2) is 0 Å². The van der Waals surface area contributed by atoms with E-state index in [-0.39, 0.29) is 71.3 Å². The molecule has 4 saturated carbocycles. The third-order valence-corrected chi connectivity index (χ3v) is 12.0. The summed E-state index contributed by atoms with van der Waals surface area (Å²) in [7, 11) is 1.37. The fraction of sp³-hybridized carbons (Fsp3) is 0.897. The van der Waals surface area contributed by atoms with Crippen LogP contribution in [-0.4, -0.2) is 57.3 Å². The Morgan fingerprint density at radius 1 is 1.00 bits per heavy atom. The number of fused-ring (bicyclic) bond motifs is 5. The Bertz CT molecular complexity index is 917. The maximum Gasteiger partial charge on any atom is 0.305 e. The highest BCUT2D eigenvalue weighted by atomic mass is 16.5. The van der Waals surface area contributed by atoms with Crippen LogP contribution in [0.25, 0.3) is 0 Å². The molecule has 0 radical (unpaired) electrons. The number of aliphatic hydroxyl groups is 3. The zero-order chi connectivity index (χ0) is 26.8. The van der Waals surface area contributed by atoms with Crippen molar-refractivity contribution >= 4 is 17.5 Å². The van der Waals surface area contributed by atoms with Crippen molar-refractivity contribution in [2.75, 3.05) is 7.11 Å². The van der Waals surface area contributed by atoms with Crippen LogP contribution in [-0.2, 0) is 19.1 Å². The lowest BCUT2D eigenvalue weighted by atomic mass is 9.37. The summed E-state index contributed by atoms with van der Waals surface area (Å²) in [5.74, 6) is -1.56. The second-order valence-corrected chi connectivity index (χ2v) is 13.2. The van der Waals surface area contributed by atoms with Gasteiger partial charge in [0.25, 0.3) is 0 Å². The molecule has 204 valence electrons. The average Bonchev–Trinajstić information content (AvgIpc) is 3.17. The van der Waals surface area contributed by atoms with E-state index in [0.717, 1.165) is 19.3 Å². The normalized spacial score (nSPS) is 48.8. The molecule has 0 aromatic heterocycles. The van der Waals surface area contributed by atoms with Gasteiger partial charge in [0.15, 0.2) is 11.6 Å². The van der Waals surface area contributed by atoms with Crippen molar-refractivity contribution < 1.29 is 34.4 Å². The first-order valence-corrected chi connectivity index (χ1v) is 13.9. The molecule has 36 heavy (non-hydrogen) atoms. The van der Waals surface area contributed by atoms with E-state index in [1.165, 1.54) is 21.0 Å². The lowest BCUT2D eigenvalue weighted by Gasteiger charge is -2.68. The van der Waals surface area contributed by atoms with Crippen molar-refractivity contribution in [3.8, 4) is 0 Å². The molecule has 11 atom stereocenters. The Labute approximate surface area is 215 Å².